The first kappa shape index (κ1) is 9.12. The predicted octanol–water partition coefficient (Wildman–Crippen LogP) is 2.13. The molecule has 2 aromatic rings. The van der Waals surface area contributed by atoms with Gasteiger partial charge in [-0.3, -0.25) is 0 Å². The number of nitrogens with two attached hydrogens (primary N) is 1. The highest BCUT2D eigenvalue weighted by atomic mass is 79.9. The van der Waals surface area contributed by atoms with E-state index in [1.54, 1.807) is 0 Å². The van der Waals surface area contributed by atoms with Crippen LogP contribution in [-0.2, 0) is 13.1 Å². The molecular weight excluding hydrogens is 254 g/mol. The molecule has 76 valence electrons. The SMILES string of the molecule is NCc1cnc2n1Cc1ccc(Br)cc1-2. The Balaban J connectivity index is 2.22. The van der Waals surface area contributed by atoms with Gasteiger partial charge in [0.2, 0.25) is 0 Å². The Morgan fingerprint density at radius 3 is 3.13 bits per heavy atom. The molecule has 1 aromatic heterocycles. The molecule has 3 nitrogen and oxygen atoms in total. The highest BCUT2D eigenvalue weighted by Gasteiger charge is 2.21. The molecule has 0 saturated carbocycles. The summed E-state index contributed by atoms with van der Waals surface area (Å²) in [7, 11) is 0. The Bertz CT molecular complexity index is 531. The summed E-state index contributed by atoms with van der Waals surface area (Å²) >= 11 is 3.48. The van der Waals surface area contributed by atoms with E-state index in [4.69, 9.17) is 5.73 Å². The molecule has 0 radical (unpaired) electrons. The summed E-state index contributed by atoms with van der Waals surface area (Å²) in [6, 6.07) is 6.31. The van der Waals surface area contributed by atoms with Crippen LogP contribution in [0.3, 0.4) is 0 Å². The highest BCUT2D eigenvalue weighted by Crippen LogP contribution is 2.33. The average Bonchev–Trinajstić information content (AvgIpc) is 2.76. The van der Waals surface area contributed by atoms with Crippen molar-refractivity contribution < 1.29 is 0 Å². The Morgan fingerprint density at radius 1 is 1.47 bits per heavy atom. The Labute approximate surface area is 96.1 Å². The maximum Gasteiger partial charge on any atom is 0.140 e. The quantitative estimate of drug-likeness (QED) is 0.731. The van der Waals surface area contributed by atoms with E-state index in [1.807, 2.05) is 6.20 Å². The molecule has 15 heavy (non-hydrogen) atoms. The molecule has 0 atom stereocenters. The predicted molar refractivity (Wildman–Crippen MR) is 62.4 cm³/mol. The van der Waals surface area contributed by atoms with Crippen LogP contribution in [0.25, 0.3) is 11.4 Å². The second-order valence-corrected chi connectivity index (χ2v) is 4.58. The first-order valence-corrected chi connectivity index (χ1v) is 5.62. The van der Waals surface area contributed by atoms with Gasteiger partial charge < -0.3 is 10.3 Å². The van der Waals surface area contributed by atoms with Crippen molar-refractivity contribution >= 4 is 15.9 Å². The zero-order chi connectivity index (χ0) is 10.4. The van der Waals surface area contributed by atoms with Crippen LogP contribution in [0.1, 0.15) is 11.3 Å². The third kappa shape index (κ3) is 1.25. The number of aromatic nitrogens is 2. The lowest BCUT2D eigenvalue weighted by atomic mass is 10.1. The van der Waals surface area contributed by atoms with Crippen LogP contribution >= 0.6 is 15.9 Å². The molecule has 0 saturated heterocycles. The van der Waals surface area contributed by atoms with Gasteiger partial charge in [0.05, 0.1) is 18.4 Å². The van der Waals surface area contributed by atoms with Crippen molar-refractivity contribution in [2.24, 2.45) is 5.73 Å². The van der Waals surface area contributed by atoms with Gasteiger partial charge in [0.1, 0.15) is 5.82 Å². The molecule has 0 aliphatic carbocycles. The number of imidazole rings is 1. The van der Waals surface area contributed by atoms with Crippen LogP contribution in [0, 0.1) is 0 Å². The van der Waals surface area contributed by atoms with Crippen molar-refractivity contribution in [3.8, 4) is 11.4 Å². The highest BCUT2D eigenvalue weighted by molar-refractivity contribution is 9.10. The van der Waals surface area contributed by atoms with Gasteiger partial charge in [-0.25, -0.2) is 4.98 Å². The number of halogens is 1. The number of fused-ring (bicyclic) bond motifs is 3. The van der Waals surface area contributed by atoms with Gasteiger partial charge in [-0.15, -0.1) is 0 Å². The van der Waals surface area contributed by atoms with E-state index in [-0.39, 0.29) is 0 Å². The summed E-state index contributed by atoms with van der Waals surface area (Å²) in [4.78, 5) is 4.41. The summed E-state index contributed by atoms with van der Waals surface area (Å²) in [6.07, 6.45) is 1.86. The number of rotatable bonds is 1. The molecule has 1 aliphatic rings. The van der Waals surface area contributed by atoms with Crippen molar-refractivity contribution in [1.82, 2.24) is 9.55 Å². The molecular formula is C11H10BrN3. The Kier molecular flexibility index (Phi) is 1.94. The molecule has 2 heterocycles. The summed E-state index contributed by atoms with van der Waals surface area (Å²) < 4.78 is 3.27. The largest absolute Gasteiger partial charge is 0.325 e. The van der Waals surface area contributed by atoms with Gasteiger partial charge in [-0.2, -0.15) is 0 Å². The summed E-state index contributed by atoms with van der Waals surface area (Å²) in [5, 5.41) is 0. The van der Waals surface area contributed by atoms with E-state index in [0.29, 0.717) is 6.54 Å². The van der Waals surface area contributed by atoms with Crippen LogP contribution in [0.4, 0.5) is 0 Å². The maximum atomic E-state index is 5.66. The molecule has 0 amide bonds. The van der Waals surface area contributed by atoms with Gasteiger partial charge >= 0.3 is 0 Å². The first-order valence-electron chi connectivity index (χ1n) is 4.83. The van der Waals surface area contributed by atoms with Gasteiger partial charge in [-0.05, 0) is 17.7 Å². The first-order chi connectivity index (χ1) is 7.29. The van der Waals surface area contributed by atoms with Crippen molar-refractivity contribution in [3.05, 3.63) is 40.1 Å². The van der Waals surface area contributed by atoms with Crippen molar-refractivity contribution in [3.63, 3.8) is 0 Å². The second kappa shape index (κ2) is 3.18. The lowest BCUT2D eigenvalue weighted by Crippen LogP contribution is -2.05. The van der Waals surface area contributed by atoms with Gasteiger partial charge in [0.15, 0.2) is 0 Å². The monoisotopic (exact) mass is 263 g/mol. The van der Waals surface area contributed by atoms with Crippen LogP contribution in [-0.4, -0.2) is 9.55 Å². The van der Waals surface area contributed by atoms with E-state index in [9.17, 15) is 0 Å². The van der Waals surface area contributed by atoms with Crippen molar-refractivity contribution in [1.29, 1.82) is 0 Å². The van der Waals surface area contributed by atoms with Gasteiger partial charge in [0, 0.05) is 16.6 Å². The average molecular weight is 264 g/mol. The number of hydrogen-bond donors (Lipinski definition) is 1. The van der Waals surface area contributed by atoms with Crippen LogP contribution in [0.5, 0.6) is 0 Å². The lowest BCUT2D eigenvalue weighted by molar-refractivity contribution is 0.776. The minimum absolute atomic E-state index is 0.544. The van der Waals surface area contributed by atoms with Crippen molar-refractivity contribution in [2.45, 2.75) is 13.1 Å². The zero-order valence-corrected chi connectivity index (χ0v) is 9.66. The molecule has 2 N–H and O–H groups in total. The fraction of sp³-hybridized carbons (Fsp3) is 0.182. The normalized spacial score (nSPS) is 12.7. The molecule has 0 unspecified atom stereocenters. The van der Waals surface area contributed by atoms with E-state index in [0.717, 1.165) is 22.5 Å². The Morgan fingerprint density at radius 2 is 2.33 bits per heavy atom. The van der Waals surface area contributed by atoms with Gasteiger partial charge in [0.25, 0.3) is 0 Å². The van der Waals surface area contributed by atoms with E-state index in [2.05, 4.69) is 43.7 Å². The number of hydrogen-bond acceptors (Lipinski definition) is 2. The standard InChI is InChI=1S/C11H10BrN3/c12-8-2-1-7-6-15-9(4-13)5-14-11(15)10(7)3-8/h1-3,5H,4,6,13H2. The summed E-state index contributed by atoms with van der Waals surface area (Å²) in [5.41, 5.74) is 9.28. The molecule has 0 fully saturated rings. The molecule has 3 rings (SSSR count). The van der Waals surface area contributed by atoms with E-state index < -0.39 is 0 Å². The lowest BCUT2D eigenvalue weighted by Gasteiger charge is -2.00. The number of nitrogens with zero attached hydrogens (tertiary/aromatic N) is 2. The molecule has 1 aliphatic heterocycles. The van der Waals surface area contributed by atoms with Gasteiger partial charge in [-0.1, -0.05) is 22.0 Å². The minimum Gasteiger partial charge on any atom is -0.325 e. The summed E-state index contributed by atoms with van der Waals surface area (Å²) in [5.74, 6) is 1.03. The van der Waals surface area contributed by atoms with E-state index in [1.165, 1.54) is 11.1 Å². The number of benzene rings is 1. The van der Waals surface area contributed by atoms with Crippen LogP contribution in [0.2, 0.25) is 0 Å². The molecule has 0 bridgehead atoms. The fourth-order valence-electron chi connectivity index (χ4n) is 2.03. The van der Waals surface area contributed by atoms with E-state index >= 15 is 0 Å². The third-order valence-electron chi connectivity index (χ3n) is 2.79. The smallest absolute Gasteiger partial charge is 0.140 e. The minimum atomic E-state index is 0.544. The van der Waals surface area contributed by atoms with Crippen LogP contribution in [0.15, 0.2) is 28.9 Å². The Hall–Kier alpha value is -1.13. The zero-order valence-electron chi connectivity index (χ0n) is 8.07. The summed E-state index contributed by atoms with van der Waals surface area (Å²) in [6.45, 7) is 1.44. The molecule has 0 spiro atoms. The third-order valence-corrected chi connectivity index (χ3v) is 3.28. The molecule has 1 aromatic carbocycles. The van der Waals surface area contributed by atoms with Crippen LogP contribution < -0.4 is 5.73 Å². The van der Waals surface area contributed by atoms with Crippen molar-refractivity contribution in [2.75, 3.05) is 0 Å². The topological polar surface area (TPSA) is 43.8 Å². The molecule has 4 heteroatoms. The maximum absolute atomic E-state index is 5.66. The second-order valence-electron chi connectivity index (χ2n) is 3.66. The fourth-order valence-corrected chi connectivity index (χ4v) is 2.39.